The Kier molecular flexibility index (Phi) is 3.45. The van der Waals surface area contributed by atoms with Gasteiger partial charge < -0.3 is 20.5 Å². The van der Waals surface area contributed by atoms with E-state index in [-0.39, 0.29) is 0 Å². The minimum absolute atomic E-state index is 0.307. The summed E-state index contributed by atoms with van der Waals surface area (Å²) in [4.78, 5) is 0. The molecule has 0 spiro atoms. The zero-order chi connectivity index (χ0) is 10.7. The highest BCUT2D eigenvalue weighted by atomic mass is 79.9. The minimum atomic E-state index is 0.307. The maximum Gasteiger partial charge on any atom is 0.231 e. The average molecular weight is 273 g/mol. The average Bonchev–Trinajstić information content (AvgIpc) is 2.65. The van der Waals surface area contributed by atoms with E-state index in [4.69, 9.17) is 15.2 Å². The molecule has 0 amide bonds. The lowest BCUT2D eigenvalue weighted by Gasteiger charge is -2.07. The summed E-state index contributed by atoms with van der Waals surface area (Å²) in [6, 6.07) is 3.91. The first-order valence-electron chi connectivity index (χ1n) is 4.80. The Labute approximate surface area is 96.9 Å². The maximum atomic E-state index is 5.40. The van der Waals surface area contributed by atoms with E-state index in [9.17, 15) is 0 Å². The molecular formula is C10H13BrN2O2. The van der Waals surface area contributed by atoms with Crippen LogP contribution < -0.4 is 20.5 Å². The van der Waals surface area contributed by atoms with Crippen LogP contribution in [0.1, 0.15) is 5.56 Å². The number of benzene rings is 1. The van der Waals surface area contributed by atoms with Gasteiger partial charge in [0.05, 0.1) is 0 Å². The quantitative estimate of drug-likeness (QED) is 0.810. The first kappa shape index (κ1) is 10.7. The molecule has 0 atom stereocenters. The third kappa shape index (κ3) is 2.42. The van der Waals surface area contributed by atoms with Gasteiger partial charge in [-0.1, -0.05) is 15.9 Å². The molecule has 0 unspecified atom stereocenters. The second kappa shape index (κ2) is 4.83. The molecule has 0 fully saturated rings. The molecular weight excluding hydrogens is 260 g/mol. The number of nitrogens with two attached hydrogens (primary N) is 1. The van der Waals surface area contributed by atoms with Gasteiger partial charge in [0.1, 0.15) is 0 Å². The summed E-state index contributed by atoms with van der Waals surface area (Å²) in [5.41, 5.74) is 6.55. The standard InChI is InChI=1S/C10H13BrN2O2/c11-8-4-10-9(14-6-15-10)3-7(8)5-13-2-1-12/h3-4,13H,1-2,5-6,12H2. The van der Waals surface area contributed by atoms with Crippen molar-refractivity contribution in [2.45, 2.75) is 6.54 Å². The van der Waals surface area contributed by atoms with E-state index in [1.165, 1.54) is 0 Å². The molecule has 2 rings (SSSR count). The van der Waals surface area contributed by atoms with Crippen LogP contribution in [-0.4, -0.2) is 19.9 Å². The molecule has 1 aromatic rings. The lowest BCUT2D eigenvalue weighted by Crippen LogP contribution is -2.22. The highest BCUT2D eigenvalue weighted by molar-refractivity contribution is 9.10. The van der Waals surface area contributed by atoms with Crippen LogP contribution >= 0.6 is 15.9 Å². The van der Waals surface area contributed by atoms with Crippen LogP contribution in [0.2, 0.25) is 0 Å². The van der Waals surface area contributed by atoms with Crippen molar-refractivity contribution in [1.82, 2.24) is 5.32 Å². The lowest BCUT2D eigenvalue weighted by atomic mass is 10.2. The molecule has 0 aromatic heterocycles. The van der Waals surface area contributed by atoms with Crippen LogP contribution in [0, 0.1) is 0 Å². The van der Waals surface area contributed by atoms with Crippen molar-refractivity contribution in [2.75, 3.05) is 19.9 Å². The normalized spacial score (nSPS) is 13.2. The van der Waals surface area contributed by atoms with Crippen molar-refractivity contribution in [2.24, 2.45) is 5.73 Å². The zero-order valence-corrected chi connectivity index (χ0v) is 9.84. The van der Waals surface area contributed by atoms with Crippen molar-refractivity contribution in [1.29, 1.82) is 0 Å². The van der Waals surface area contributed by atoms with Gasteiger partial charge in [-0.2, -0.15) is 0 Å². The van der Waals surface area contributed by atoms with Gasteiger partial charge in [0, 0.05) is 24.1 Å². The molecule has 3 N–H and O–H groups in total. The number of hydrogen-bond donors (Lipinski definition) is 2. The van der Waals surface area contributed by atoms with Gasteiger partial charge in [-0.05, 0) is 17.7 Å². The topological polar surface area (TPSA) is 56.5 Å². The fourth-order valence-corrected chi connectivity index (χ4v) is 1.88. The SMILES string of the molecule is NCCNCc1cc2c(cc1Br)OCO2. The Balaban J connectivity index is 2.10. The van der Waals surface area contributed by atoms with Crippen LogP contribution in [0.3, 0.4) is 0 Å². The summed E-state index contributed by atoms with van der Waals surface area (Å²) >= 11 is 3.50. The van der Waals surface area contributed by atoms with Crippen molar-refractivity contribution in [3.63, 3.8) is 0 Å². The number of hydrogen-bond acceptors (Lipinski definition) is 4. The Morgan fingerprint density at radius 3 is 2.80 bits per heavy atom. The van der Waals surface area contributed by atoms with E-state index in [2.05, 4.69) is 21.2 Å². The van der Waals surface area contributed by atoms with Gasteiger partial charge in [0.15, 0.2) is 11.5 Å². The van der Waals surface area contributed by atoms with Crippen LogP contribution in [0.5, 0.6) is 11.5 Å². The van der Waals surface area contributed by atoms with E-state index in [0.717, 1.165) is 34.6 Å². The summed E-state index contributed by atoms with van der Waals surface area (Å²) in [6.45, 7) is 2.53. The number of rotatable bonds is 4. The third-order valence-electron chi connectivity index (χ3n) is 2.18. The Bertz CT molecular complexity index is 358. The fraction of sp³-hybridized carbons (Fsp3) is 0.400. The lowest BCUT2D eigenvalue weighted by molar-refractivity contribution is 0.174. The summed E-state index contributed by atoms with van der Waals surface area (Å²) in [5, 5.41) is 3.23. The summed E-state index contributed by atoms with van der Waals surface area (Å²) in [5.74, 6) is 1.60. The maximum absolute atomic E-state index is 5.40. The molecule has 1 aliphatic rings. The van der Waals surface area contributed by atoms with Gasteiger partial charge >= 0.3 is 0 Å². The largest absolute Gasteiger partial charge is 0.454 e. The molecule has 0 saturated carbocycles. The number of ether oxygens (including phenoxy) is 2. The van der Waals surface area contributed by atoms with Crippen molar-refractivity contribution >= 4 is 15.9 Å². The summed E-state index contributed by atoms with van der Waals surface area (Å²) < 4.78 is 11.6. The second-order valence-corrected chi connectivity index (χ2v) is 4.12. The fourth-order valence-electron chi connectivity index (χ4n) is 1.42. The monoisotopic (exact) mass is 272 g/mol. The van der Waals surface area contributed by atoms with Crippen molar-refractivity contribution < 1.29 is 9.47 Å². The van der Waals surface area contributed by atoms with Crippen LogP contribution in [0.4, 0.5) is 0 Å². The van der Waals surface area contributed by atoms with Crippen molar-refractivity contribution in [3.8, 4) is 11.5 Å². The zero-order valence-electron chi connectivity index (χ0n) is 8.25. The molecule has 1 heterocycles. The summed E-state index contributed by atoms with van der Waals surface area (Å²) in [7, 11) is 0. The van der Waals surface area contributed by atoms with E-state index in [1.54, 1.807) is 0 Å². The van der Waals surface area contributed by atoms with Crippen molar-refractivity contribution in [3.05, 3.63) is 22.2 Å². The molecule has 0 saturated heterocycles. The van der Waals surface area contributed by atoms with Gasteiger partial charge in [0.25, 0.3) is 0 Å². The van der Waals surface area contributed by atoms with Crippen LogP contribution in [-0.2, 0) is 6.54 Å². The van der Waals surface area contributed by atoms with Gasteiger partial charge in [-0.25, -0.2) is 0 Å². The molecule has 0 bridgehead atoms. The van der Waals surface area contributed by atoms with E-state index in [1.807, 2.05) is 12.1 Å². The third-order valence-corrected chi connectivity index (χ3v) is 2.92. The summed E-state index contributed by atoms with van der Waals surface area (Å²) in [6.07, 6.45) is 0. The Morgan fingerprint density at radius 2 is 2.07 bits per heavy atom. The highest BCUT2D eigenvalue weighted by Crippen LogP contribution is 2.36. The van der Waals surface area contributed by atoms with Gasteiger partial charge in [-0.3, -0.25) is 0 Å². The minimum Gasteiger partial charge on any atom is -0.454 e. The molecule has 1 aromatic carbocycles. The second-order valence-electron chi connectivity index (χ2n) is 3.26. The molecule has 0 aliphatic carbocycles. The highest BCUT2D eigenvalue weighted by Gasteiger charge is 2.15. The molecule has 1 aliphatic heterocycles. The number of fused-ring (bicyclic) bond motifs is 1. The van der Waals surface area contributed by atoms with E-state index in [0.29, 0.717) is 13.3 Å². The first-order chi connectivity index (χ1) is 7.31. The Hall–Kier alpha value is -0.780. The number of halogens is 1. The smallest absolute Gasteiger partial charge is 0.231 e. The first-order valence-corrected chi connectivity index (χ1v) is 5.59. The predicted molar refractivity (Wildman–Crippen MR) is 61.0 cm³/mol. The number of nitrogens with one attached hydrogen (secondary N) is 1. The van der Waals surface area contributed by atoms with Crippen LogP contribution in [0.25, 0.3) is 0 Å². The van der Waals surface area contributed by atoms with Gasteiger partial charge in [0.2, 0.25) is 6.79 Å². The molecule has 82 valence electrons. The predicted octanol–water partition coefficient (Wildman–Crippen LogP) is 1.23. The van der Waals surface area contributed by atoms with E-state index >= 15 is 0 Å². The molecule has 0 radical (unpaired) electrons. The molecule has 4 nitrogen and oxygen atoms in total. The van der Waals surface area contributed by atoms with Crippen LogP contribution in [0.15, 0.2) is 16.6 Å². The van der Waals surface area contributed by atoms with E-state index < -0.39 is 0 Å². The van der Waals surface area contributed by atoms with Gasteiger partial charge in [-0.15, -0.1) is 0 Å². The molecule has 15 heavy (non-hydrogen) atoms. The molecule has 5 heteroatoms. The Morgan fingerprint density at radius 1 is 1.33 bits per heavy atom.